The Balaban J connectivity index is 1.41. The summed E-state index contributed by atoms with van der Waals surface area (Å²) in [5.74, 6) is -0.0848. The molecule has 3 N–H and O–H groups in total. The van der Waals surface area contributed by atoms with Crippen LogP contribution in [0.3, 0.4) is 0 Å². The standard InChI is InChI=1S/C25H26N4O4/c1-15-12-20(19-6-4-5-7-21(19)28-15)16(2)33-18-10-8-17(9-11-18)22(30)26-13-25(3)14-27-24(32)29-23(25)31/h4-12,16H,13-14H2,1-3H3,(H,26,30)(H2,27,29,31,32). The molecule has 2 atom stereocenters. The van der Waals surface area contributed by atoms with Crippen molar-refractivity contribution in [1.82, 2.24) is 20.9 Å². The fourth-order valence-corrected chi connectivity index (χ4v) is 3.80. The van der Waals surface area contributed by atoms with Gasteiger partial charge in [-0.25, -0.2) is 4.79 Å². The van der Waals surface area contributed by atoms with Crippen LogP contribution in [0.25, 0.3) is 10.9 Å². The van der Waals surface area contributed by atoms with Gasteiger partial charge in [0.05, 0.1) is 10.9 Å². The molecular formula is C25H26N4O4. The Morgan fingerprint density at radius 3 is 2.64 bits per heavy atom. The van der Waals surface area contributed by atoms with Crippen molar-refractivity contribution in [3.05, 3.63) is 71.4 Å². The third kappa shape index (κ3) is 4.79. The molecule has 33 heavy (non-hydrogen) atoms. The molecule has 4 amide bonds. The number of aryl methyl sites for hydroxylation is 1. The van der Waals surface area contributed by atoms with E-state index in [1.807, 2.05) is 44.2 Å². The molecule has 1 aliphatic heterocycles. The van der Waals surface area contributed by atoms with Crippen LogP contribution in [0.4, 0.5) is 4.79 Å². The Labute approximate surface area is 191 Å². The number of nitrogens with zero attached hydrogens (tertiary/aromatic N) is 1. The zero-order chi connectivity index (χ0) is 23.6. The average molecular weight is 447 g/mol. The summed E-state index contributed by atoms with van der Waals surface area (Å²) in [4.78, 5) is 40.5. The molecule has 0 saturated carbocycles. The Morgan fingerprint density at radius 1 is 1.18 bits per heavy atom. The zero-order valence-corrected chi connectivity index (χ0v) is 18.8. The van der Waals surface area contributed by atoms with Crippen molar-refractivity contribution in [2.24, 2.45) is 5.41 Å². The monoisotopic (exact) mass is 446 g/mol. The second-order valence-corrected chi connectivity index (χ2v) is 8.53. The number of para-hydroxylation sites is 1. The third-order valence-corrected chi connectivity index (χ3v) is 5.80. The van der Waals surface area contributed by atoms with E-state index < -0.39 is 17.4 Å². The number of aromatic nitrogens is 1. The van der Waals surface area contributed by atoms with Gasteiger partial charge in [0, 0.05) is 35.3 Å². The molecule has 1 aliphatic rings. The van der Waals surface area contributed by atoms with Gasteiger partial charge in [-0.2, -0.15) is 0 Å². The van der Waals surface area contributed by atoms with Crippen LogP contribution >= 0.6 is 0 Å². The van der Waals surface area contributed by atoms with Crippen LogP contribution in [-0.2, 0) is 4.79 Å². The van der Waals surface area contributed by atoms with E-state index in [9.17, 15) is 14.4 Å². The summed E-state index contributed by atoms with van der Waals surface area (Å²) in [5, 5.41) is 8.62. The molecule has 170 valence electrons. The van der Waals surface area contributed by atoms with Crippen molar-refractivity contribution in [2.75, 3.05) is 13.1 Å². The summed E-state index contributed by atoms with van der Waals surface area (Å²) in [6.45, 7) is 5.89. The highest BCUT2D eigenvalue weighted by Crippen LogP contribution is 2.28. The normalized spacial score (nSPS) is 18.9. The van der Waals surface area contributed by atoms with Crippen molar-refractivity contribution < 1.29 is 19.1 Å². The van der Waals surface area contributed by atoms with Gasteiger partial charge in [-0.15, -0.1) is 0 Å². The van der Waals surface area contributed by atoms with Crippen molar-refractivity contribution in [1.29, 1.82) is 0 Å². The lowest BCUT2D eigenvalue weighted by Crippen LogP contribution is -2.61. The molecule has 0 aliphatic carbocycles. The molecule has 1 fully saturated rings. The molecule has 3 aromatic rings. The van der Waals surface area contributed by atoms with E-state index in [2.05, 4.69) is 20.9 Å². The maximum absolute atomic E-state index is 12.6. The molecule has 0 radical (unpaired) electrons. The number of hydrogen-bond donors (Lipinski definition) is 3. The van der Waals surface area contributed by atoms with Gasteiger partial charge in [0.15, 0.2) is 0 Å². The first-order valence-corrected chi connectivity index (χ1v) is 10.8. The molecular weight excluding hydrogens is 420 g/mol. The van der Waals surface area contributed by atoms with Gasteiger partial charge in [-0.3, -0.25) is 19.9 Å². The quantitative estimate of drug-likeness (QED) is 0.539. The van der Waals surface area contributed by atoms with Crippen LogP contribution < -0.4 is 20.7 Å². The minimum atomic E-state index is -0.909. The van der Waals surface area contributed by atoms with Crippen molar-refractivity contribution in [3.8, 4) is 5.75 Å². The minimum absolute atomic E-state index is 0.0989. The second kappa shape index (κ2) is 8.90. The first kappa shape index (κ1) is 22.3. The van der Waals surface area contributed by atoms with Crippen LogP contribution in [0.2, 0.25) is 0 Å². The largest absolute Gasteiger partial charge is 0.486 e. The van der Waals surface area contributed by atoms with E-state index in [4.69, 9.17) is 4.74 Å². The summed E-state index contributed by atoms with van der Waals surface area (Å²) >= 11 is 0. The topological polar surface area (TPSA) is 109 Å². The van der Waals surface area contributed by atoms with Crippen LogP contribution in [0.5, 0.6) is 5.75 Å². The Kier molecular flexibility index (Phi) is 6.00. The van der Waals surface area contributed by atoms with E-state index in [1.165, 1.54) is 0 Å². The first-order valence-electron chi connectivity index (χ1n) is 10.8. The van der Waals surface area contributed by atoms with E-state index in [-0.39, 0.29) is 25.1 Å². The highest BCUT2D eigenvalue weighted by Gasteiger charge is 2.38. The predicted octanol–water partition coefficient (Wildman–Crippen LogP) is 3.26. The number of nitrogens with one attached hydrogen (secondary N) is 3. The van der Waals surface area contributed by atoms with Crippen molar-refractivity contribution in [2.45, 2.75) is 26.9 Å². The summed E-state index contributed by atoms with van der Waals surface area (Å²) in [5.41, 5.74) is 2.43. The van der Waals surface area contributed by atoms with E-state index in [0.29, 0.717) is 11.3 Å². The molecule has 8 heteroatoms. The highest BCUT2D eigenvalue weighted by atomic mass is 16.5. The SMILES string of the molecule is Cc1cc(C(C)Oc2ccc(C(=O)NCC3(C)CNC(=O)NC3=O)cc2)c2ccccc2n1. The van der Waals surface area contributed by atoms with Crippen LogP contribution in [0.15, 0.2) is 54.6 Å². The molecule has 2 aromatic carbocycles. The zero-order valence-electron chi connectivity index (χ0n) is 18.8. The molecule has 0 spiro atoms. The number of imide groups is 1. The van der Waals surface area contributed by atoms with Crippen LogP contribution in [-0.4, -0.2) is 35.9 Å². The molecule has 8 nitrogen and oxygen atoms in total. The molecule has 1 saturated heterocycles. The Morgan fingerprint density at radius 2 is 1.91 bits per heavy atom. The number of fused-ring (bicyclic) bond motifs is 1. The summed E-state index contributed by atoms with van der Waals surface area (Å²) in [6.07, 6.45) is -0.212. The summed E-state index contributed by atoms with van der Waals surface area (Å²) in [6, 6.07) is 16.3. The number of carbonyl (C=O) groups is 3. The van der Waals surface area contributed by atoms with Crippen molar-refractivity contribution in [3.63, 3.8) is 0 Å². The maximum atomic E-state index is 12.6. The lowest BCUT2D eigenvalue weighted by molar-refractivity contribution is -0.129. The van der Waals surface area contributed by atoms with Gasteiger partial charge in [0.25, 0.3) is 5.91 Å². The predicted molar refractivity (Wildman–Crippen MR) is 124 cm³/mol. The lowest BCUT2D eigenvalue weighted by Gasteiger charge is -2.32. The van der Waals surface area contributed by atoms with E-state index in [1.54, 1.807) is 31.2 Å². The fraction of sp³-hybridized carbons (Fsp3) is 0.280. The maximum Gasteiger partial charge on any atom is 0.321 e. The molecule has 0 bridgehead atoms. The Hall–Kier alpha value is -3.94. The van der Waals surface area contributed by atoms with E-state index >= 15 is 0 Å². The van der Waals surface area contributed by atoms with Gasteiger partial charge in [-0.1, -0.05) is 18.2 Å². The molecule has 1 aromatic heterocycles. The van der Waals surface area contributed by atoms with Crippen LogP contribution in [0, 0.1) is 12.3 Å². The van der Waals surface area contributed by atoms with Gasteiger partial charge < -0.3 is 15.4 Å². The average Bonchev–Trinajstić information content (AvgIpc) is 2.80. The van der Waals surface area contributed by atoms with Gasteiger partial charge >= 0.3 is 6.03 Å². The summed E-state index contributed by atoms with van der Waals surface area (Å²) < 4.78 is 6.14. The molecule has 2 unspecified atom stereocenters. The molecule has 4 rings (SSSR count). The van der Waals surface area contributed by atoms with Crippen LogP contribution in [0.1, 0.15) is 41.6 Å². The number of rotatable bonds is 6. The smallest absolute Gasteiger partial charge is 0.321 e. The minimum Gasteiger partial charge on any atom is -0.486 e. The van der Waals surface area contributed by atoms with E-state index in [0.717, 1.165) is 22.2 Å². The number of hydrogen-bond acceptors (Lipinski definition) is 5. The number of pyridine rings is 1. The van der Waals surface area contributed by atoms with Gasteiger partial charge in [0.1, 0.15) is 11.9 Å². The van der Waals surface area contributed by atoms with Crippen molar-refractivity contribution >= 4 is 28.7 Å². The highest BCUT2D eigenvalue weighted by molar-refractivity contribution is 6.00. The number of urea groups is 1. The Bertz CT molecular complexity index is 1220. The van der Waals surface area contributed by atoms with Gasteiger partial charge in [-0.05, 0) is 57.2 Å². The fourth-order valence-electron chi connectivity index (χ4n) is 3.80. The lowest BCUT2D eigenvalue weighted by atomic mass is 9.88. The number of amides is 4. The third-order valence-electron chi connectivity index (χ3n) is 5.80. The number of ether oxygens (including phenoxy) is 1. The second-order valence-electron chi connectivity index (χ2n) is 8.53. The summed E-state index contributed by atoms with van der Waals surface area (Å²) in [7, 11) is 0. The molecule has 2 heterocycles. The van der Waals surface area contributed by atoms with Gasteiger partial charge in [0.2, 0.25) is 5.91 Å². The number of carbonyl (C=O) groups excluding carboxylic acids is 3. The first-order chi connectivity index (χ1) is 15.7. The number of benzene rings is 2.